The number of benzene rings is 10. The lowest BCUT2D eigenvalue weighted by Crippen LogP contribution is -2.26. The van der Waals surface area contributed by atoms with Crippen LogP contribution in [-0.4, -0.2) is 0 Å². The van der Waals surface area contributed by atoms with E-state index in [0.29, 0.717) is 5.92 Å². The highest BCUT2D eigenvalue weighted by molar-refractivity contribution is 6.01. The summed E-state index contributed by atoms with van der Waals surface area (Å²) in [7, 11) is 0. The van der Waals surface area contributed by atoms with E-state index in [9.17, 15) is 0 Å². The molecule has 1 atom stereocenters. The molecule has 1 saturated carbocycles. The quantitative estimate of drug-likeness (QED) is 0.150. The summed E-state index contributed by atoms with van der Waals surface area (Å²) in [6.07, 6.45) is 6.54. The van der Waals surface area contributed by atoms with Gasteiger partial charge in [0.1, 0.15) is 0 Å². The van der Waals surface area contributed by atoms with Gasteiger partial charge in [-0.2, -0.15) is 0 Å². The minimum atomic E-state index is -0.564. The molecule has 10 aromatic rings. The molecule has 0 aliphatic heterocycles. The van der Waals surface area contributed by atoms with Crippen LogP contribution in [0.4, 0.5) is 34.1 Å². The van der Waals surface area contributed by atoms with Gasteiger partial charge < -0.3 is 9.80 Å². The Bertz CT molecular complexity index is 3390. The number of hydrogen-bond donors (Lipinski definition) is 0. The smallest absolute Gasteiger partial charge is 0.0727 e. The zero-order valence-corrected chi connectivity index (χ0v) is 37.5. The fourth-order valence-electron chi connectivity index (χ4n) is 12.0. The average molecular weight is 859 g/mol. The van der Waals surface area contributed by atoms with Gasteiger partial charge in [-0.1, -0.05) is 183 Å². The highest BCUT2D eigenvalue weighted by Crippen LogP contribution is 2.64. The summed E-state index contributed by atoms with van der Waals surface area (Å²) in [5.74, 6) is 0.627. The number of hydrogen-bond acceptors (Lipinski definition) is 2. The molecule has 1 spiro atoms. The maximum absolute atomic E-state index is 2.54. The molecule has 0 radical (unpaired) electrons. The third-order valence-electron chi connectivity index (χ3n) is 15.0. The summed E-state index contributed by atoms with van der Waals surface area (Å²) in [4.78, 5) is 4.94. The van der Waals surface area contributed by atoms with Gasteiger partial charge in [0, 0.05) is 34.0 Å². The summed E-state index contributed by atoms with van der Waals surface area (Å²) < 4.78 is 0. The van der Waals surface area contributed by atoms with E-state index in [-0.39, 0.29) is 0 Å². The first-order valence-corrected chi connectivity index (χ1v) is 24.1. The van der Waals surface area contributed by atoms with Gasteiger partial charge in [0.25, 0.3) is 0 Å². The molecule has 1 unspecified atom stereocenters. The van der Waals surface area contributed by atoms with Crippen molar-refractivity contribution < 1.29 is 0 Å². The summed E-state index contributed by atoms with van der Waals surface area (Å²) in [6, 6.07) is 88.6. The first-order valence-electron chi connectivity index (χ1n) is 24.1. The lowest BCUT2D eigenvalue weighted by atomic mass is 9.70. The molecule has 67 heavy (non-hydrogen) atoms. The SMILES string of the molecule is c1ccc(-c2cc3ccccc3cc2N(c2ccc(C3CCCCC3)cc2)c2ccc3c(c2)C2(c4ccccc4-c4ccc(N(c5ccccc5)c5ccccc5)cc42)c2ccccc2-3)cc1. The van der Waals surface area contributed by atoms with Crippen LogP contribution in [0.15, 0.2) is 237 Å². The van der Waals surface area contributed by atoms with Crippen LogP contribution in [0.2, 0.25) is 0 Å². The first kappa shape index (κ1) is 39.4. The predicted octanol–water partition coefficient (Wildman–Crippen LogP) is 17.8. The van der Waals surface area contributed by atoms with Crippen LogP contribution in [-0.2, 0) is 5.41 Å². The van der Waals surface area contributed by atoms with Crippen molar-refractivity contribution in [2.45, 2.75) is 43.4 Å². The van der Waals surface area contributed by atoms with Crippen molar-refractivity contribution in [1.29, 1.82) is 0 Å². The molecule has 0 heterocycles. The molecule has 10 aromatic carbocycles. The van der Waals surface area contributed by atoms with Crippen LogP contribution >= 0.6 is 0 Å². The molecule has 0 aromatic heterocycles. The standard InChI is InChI=1S/C65H50N2/c1-5-19-45(20-6-1)46-33-35-52(36-34-46)67(64-42-49-24-14-13-23-48(49)41-59(64)47-21-7-2-8-22-47)54-38-40-58-56-30-16-18-32-61(56)65(63(58)44-54)60-31-17-15-29-55(60)57-39-37-53(43-62(57)65)66(50-25-9-3-10-26-50)51-27-11-4-12-28-51/h2-4,7-18,21-45H,1,5-6,19-20H2. The lowest BCUT2D eigenvalue weighted by molar-refractivity contribution is 0.443. The second-order valence-corrected chi connectivity index (χ2v) is 18.7. The molecular formula is C65H50N2. The fraction of sp³-hybridized carbons (Fsp3) is 0.108. The Morgan fingerprint density at radius 3 is 1.34 bits per heavy atom. The van der Waals surface area contributed by atoms with E-state index < -0.39 is 5.41 Å². The largest absolute Gasteiger partial charge is 0.310 e. The molecule has 1 fully saturated rings. The molecule has 0 saturated heterocycles. The van der Waals surface area contributed by atoms with Crippen LogP contribution < -0.4 is 9.80 Å². The number of rotatable bonds is 8. The molecule has 0 N–H and O–H groups in total. The van der Waals surface area contributed by atoms with Gasteiger partial charge in [0.2, 0.25) is 0 Å². The maximum Gasteiger partial charge on any atom is 0.0727 e. The normalized spacial score (nSPS) is 15.8. The Balaban J connectivity index is 1.07. The molecule has 320 valence electrons. The van der Waals surface area contributed by atoms with Crippen molar-refractivity contribution in [3.05, 3.63) is 264 Å². The van der Waals surface area contributed by atoms with Crippen LogP contribution in [0, 0.1) is 0 Å². The van der Waals surface area contributed by atoms with Gasteiger partial charge in [0.15, 0.2) is 0 Å². The molecule has 2 heteroatoms. The minimum Gasteiger partial charge on any atom is -0.310 e. The Morgan fingerprint density at radius 1 is 0.313 bits per heavy atom. The Labute approximate surface area is 394 Å². The van der Waals surface area contributed by atoms with Gasteiger partial charge in [-0.15, -0.1) is 0 Å². The van der Waals surface area contributed by atoms with E-state index >= 15 is 0 Å². The molecule has 13 rings (SSSR count). The summed E-state index contributed by atoms with van der Waals surface area (Å²) >= 11 is 0. The van der Waals surface area contributed by atoms with Gasteiger partial charge in [-0.25, -0.2) is 0 Å². The maximum atomic E-state index is 2.54. The molecular weight excluding hydrogens is 809 g/mol. The Kier molecular flexibility index (Phi) is 9.53. The second kappa shape index (κ2) is 16.2. The van der Waals surface area contributed by atoms with Gasteiger partial charge in [-0.3, -0.25) is 0 Å². The van der Waals surface area contributed by atoms with Crippen LogP contribution in [0.1, 0.15) is 65.8 Å². The van der Waals surface area contributed by atoms with Gasteiger partial charge in [0.05, 0.1) is 11.1 Å². The fourth-order valence-corrected chi connectivity index (χ4v) is 12.0. The lowest BCUT2D eigenvalue weighted by Gasteiger charge is -2.34. The summed E-state index contributed by atoms with van der Waals surface area (Å²) in [5, 5.41) is 2.45. The second-order valence-electron chi connectivity index (χ2n) is 18.7. The van der Waals surface area contributed by atoms with E-state index in [0.717, 1.165) is 34.1 Å². The zero-order valence-electron chi connectivity index (χ0n) is 37.5. The van der Waals surface area contributed by atoms with Crippen LogP contribution in [0.25, 0.3) is 44.2 Å². The average Bonchev–Trinajstić information content (AvgIpc) is 3.87. The van der Waals surface area contributed by atoms with E-state index in [1.165, 1.54) is 104 Å². The van der Waals surface area contributed by atoms with Crippen molar-refractivity contribution in [2.24, 2.45) is 0 Å². The number of nitrogens with zero attached hydrogens (tertiary/aromatic N) is 2. The molecule has 3 aliphatic rings. The zero-order chi connectivity index (χ0) is 44.3. The Hall–Kier alpha value is -7.94. The third kappa shape index (κ3) is 6.38. The number of fused-ring (bicyclic) bond motifs is 11. The highest BCUT2D eigenvalue weighted by atomic mass is 15.1. The van der Waals surface area contributed by atoms with E-state index in [2.05, 4.69) is 246 Å². The van der Waals surface area contributed by atoms with Crippen molar-refractivity contribution in [3.8, 4) is 33.4 Å². The Morgan fingerprint density at radius 2 is 0.761 bits per heavy atom. The summed E-state index contributed by atoms with van der Waals surface area (Å²) in [6.45, 7) is 0. The number of anilines is 6. The third-order valence-corrected chi connectivity index (χ3v) is 15.0. The van der Waals surface area contributed by atoms with Crippen LogP contribution in [0.5, 0.6) is 0 Å². The summed E-state index contributed by atoms with van der Waals surface area (Å²) in [5.41, 5.74) is 20.6. The predicted molar refractivity (Wildman–Crippen MR) is 281 cm³/mol. The van der Waals surface area contributed by atoms with E-state index in [1.807, 2.05) is 0 Å². The van der Waals surface area contributed by atoms with Crippen LogP contribution in [0.3, 0.4) is 0 Å². The van der Waals surface area contributed by atoms with Crippen molar-refractivity contribution in [3.63, 3.8) is 0 Å². The molecule has 0 bridgehead atoms. The minimum absolute atomic E-state index is 0.564. The van der Waals surface area contributed by atoms with Crippen molar-refractivity contribution in [1.82, 2.24) is 0 Å². The molecule has 0 amide bonds. The van der Waals surface area contributed by atoms with Gasteiger partial charge in [-0.05, 0) is 158 Å². The van der Waals surface area contributed by atoms with Crippen molar-refractivity contribution in [2.75, 3.05) is 9.80 Å². The van der Waals surface area contributed by atoms with Gasteiger partial charge >= 0.3 is 0 Å². The monoisotopic (exact) mass is 858 g/mol. The molecule has 3 aliphatic carbocycles. The highest BCUT2D eigenvalue weighted by Gasteiger charge is 2.52. The topological polar surface area (TPSA) is 6.48 Å². The van der Waals surface area contributed by atoms with E-state index in [1.54, 1.807) is 0 Å². The number of para-hydroxylation sites is 2. The van der Waals surface area contributed by atoms with E-state index in [4.69, 9.17) is 0 Å². The first-order chi connectivity index (χ1) is 33.2. The van der Waals surface area contributed by atoms with Crippen molar-refractivity contribution >= 4 is 44.9 Å². The molecule has 2 nitrogen and oxygen atoms in total.